The number of thioether (sulfide) groups is 1. The SMILES string of the molecule is CCCCS/C(S)=C(\NC(=O)c1ccccc1)[P+](c1ccccc1)(c1ccccc1)c1ccccc1. The molecule has 0 spiro atoms. The number of thiol groups is 1. The molecule has 2 nitrogen and oxygen atoms in total. The van der Waals surface area contributed by atoms with Gasteiger partial charge in [-0.25, -0.2) is 0 Å². The summed E-state index contributed by atoms with van der Waals surface area (Å²) in [5, 5.41) is 6.91. The van der Waals surface area contributed by atoms with Gasteiger partial charge in [-0.15, -0.1) is 24.4 Å². The highest BCUT2D eigenvalue weighted by molar-refractivity contribution is 8.16. The third-order valence-electron chi connectivity index (χ3n) is 5.97. The van der Waals surface area contributed by atoms with Crippen LogP contribution in [0.15, 0.2) is 131 Å². The lowest BCUT2D eigenvalue weighted by Gasteiger charge is -2.30. The minimum atomic E-state index is -2.49. The Bertz CT molecular complexity index is 1180. The van der Waals surface area contributed by atoms with Crippen LogP contribution in [-0.4, -0.2) is 11.7 Å². The van der Waals surface area contributed by atoms with Crippen LogP contribution in [0.5, 0.6) is 0 Å². The molecule has 0 bridgehead atoms. The fourth-order valence-electron chi connectivity index (χ4n) is 4.22. The molecule has 0 unspecified atom stereocenters. The monoisotopic (exact) mass is 528 g/mol. The average Bonchev–Trinajstić information content (AvgIpc) is 2.95. The van der Waals surface area contributed by atoms with Crippen molar-refractivity contribution in [3.8, 4) is 0 Å². The number of nitrogens with one attached hydrogen (secondary N) is 1. The Kier molecular flexibility index (Phi) is 9.47. The van der Waals surface area contributed by atoms with Crippen molar-refractivity contribution in [2.75, 3.05) is 5.75 Å². The molecule has 0 saturated carbocycles. The maximum absolute atomic E-state index is 13.7. The quantitative estimate of drug-likeness (QED) is 0.132. The summed E-state index contributed by atoms with van der Waals surface area (Å²) in [7, 11) is -2.49. The molecule has 36 heavy (non-hydrogen) atoms. The molecule has 4 aromatic rings. The average molecular weight is 529 g/mol. The van der Waals surface area contributed by atoms with E-state index in [-0.39, 0.29) is 5.91 Å². The zero-order valence-corrected chi connectivity index (χ0v) is 23.0. The molecule has 0 aliphatic heterocycles. The van der Waals surface area contributed by atoms with Crippen molar-refractivity contribution >= 4 is 53.5 Å². The van der Waals surface area contributed by atoms with E-state index in [1.165, 1.54) is 15.9 Å². The highest BCUT2D eigenvalue weighted by Crippen LogP contribution is 2.63. The Balaban J connectivity index is 2.02. The molecule has 5 heteroatoms. The van der Waals surface area contributed by atoms with Crippen LogP contribution >= 0.6 is 31.7 Å². The van der Waals surface area contributed by atoms with Gasteiger partial charge in [-0.3, -0.25) is 10.1 Å². The van der Waals surface area contributed by atoms with Crippen molar-refractivity contribution in [2.24, 2.45) is 0 Å². The van der Waals surface area contributed by atoms with Gasteiger partial charge in [0.15, 0.2) is 12.7 Å². The first-order valence-electron chi connectivity index (χ1n) is 12.2. The summed E-state index contributed by atoms with van der Waals surface area (Å²) in [4.78, 5) is 13.7. The van der Waals surface area contributed by atoms with Crippen LogP contribution in [-0.2, 0) is 0 Å². The van der Waals surface area contributed by atoms with Crippen molar-refractivity contribution in [2.45, 2.75) is 19.8 Å². The van der Waals surface area contributed by atoms with Crippen LogP contribution in [0.4, 0.5) is 0 Å². The van der Waals surface area contributed by atoms with Crippen LogP contribution in [0.25, 0.3) is 0 Å². The Morgan fingerprint density at radius 1 is 0.722 bits per heavy atom. The van der Waals surface area contributed by atoms with Gasteiger partial charge in [0.1, 0.15) is 15.9 Å². The number of hydrogen-bond donors (Lipinski definition) is 2. The predicted octanol–water partition coefficient (Wildman–Crippen LogP) is 7.00. The zero-order valence-electron chi connectivity index (χ0n) is 20.4. The fraction of sp³-hybridized carbons (Fsp3) is 0.129. The number of carbonyl (C=O) groups excluding carboxylic acids is 1. The van der Waals surface area contributed by atoms with Gasteiger partial charge in [-0.1, -0.05) is 86.1 Å². The van der Waals surface area contributed by atoms with Crippen LogP contribution in [0.1, 0.15) is 30.1 Å². The second-order valence-electron chi connectivity index (χ2n) is 8.35. The summed E-state index contributed by atoms with van der Waals surface area (Å²) in [5.74, 6) is 0.818. The van der Waals surface area contributed by atoms with Crippen molar-refractivity contribution < 1.29 is 4.79 Å². The molecule has 0 heterocycles. The third kappa shape index (κ3) is 5.78. The summed E-state index contributed by atoms with van der Waals surface area (Å²) in [6.07, 6.45) is 2.19. The molecule has 0 radical (unpaired) electrons. The van der Waals surface area contributed by atoms with E-state index in [4.69, 9.17) is 12.6 Å². The zero-order chi connectivity index (χ0) is 25.2. The van der Waals surface area contributed by atoms with Crippen LogP contribution in [0.3, 0.4) is 0 Å². The first kappa shape index (κ1) is 26.3. The normalized spacial score (nSPS) is 12.1. The molecule has 0 aliphatic rings. The lowest BCUT2D eigenvalue weighted by atomic mass is 10.2. The van der Waals surface area contributed by atoms with Gasteiger partial charge < -0.3 is 0 Å². The Labute approximate surface area is 225 Å². The van der Waals surface area contributed by atoms with Crippen molar-refractivity contribution in [3.63, 3.8) is 0 Å². The Morgan fingerprint density at radius 3 is 1.56 bits per heavy atom. The predicted molar refractivity (Wildman–Crippen MR) is 162 cm³/mol. The van der Waals surface area contributed by atoms with Gasteiger partial charge in [-0.05, 0) is 60.7 Å². The first-order valence-corrected chi connectivity index (χ1v) is 15.4. The second-order valence-corrected chi connectivity index (χ2v) is 13.5. The summed E-state index contributed by atoms with van der Waals surface area (Å²) >= 11 is 6.80. The van der Waals surface area contributed by atoms with Gasteiger partial charge in [-0.2, -0.15) is 0 Å². The summed E-state index contributed by atoms with van der Waals surface area (Å²) in [5.41, 5.74) is 1.51. The molecule has 0 saturated heterocycles. The topological polar surface area (TPSA) is 29.1 Å². The molecule has 1 N–H and O–H groups in total. The molecule has 4 aromatic carbocycles. The fourth-order valence-corrected chi connectivity index (χ4v) is 10.5. The van der Waals surface area contributed by atoms with E-state index in [1.807, 2.05) is 48.5 Å². The van der Waals surface area contributed by atoms with Crippen LogP contribution < -0.4 is 21.2 Å². The number of amides is 1. The second kappa shape index (κ2) is 13.0. The molecular formula is C31H31NOPS2+. The maximum atomic E-state index is 13.7. The minimum absolute atomic E-state index is 0.125. The molecule has 0 aromatic heterocycles. The number of benzene rings is 4. The van der Waals surface area contributed by atoms with E-state index in [9.17, 15) is 4.79 Å². The van der Waals surface area contributed by atoms with Gasteiger partial charge in [0, 0.05) is 5.56 Å². The smallest absolute Gasteiger partial charge is 0.258 e. The molecule has 0 aliphatic carbocycles. The van der Waals surface area contributed by atoms with Crippen molar-refractivity contribution in [1.29, 1.82) is 0 Å². The summed E-state index contributed by atoms with van der Waals surface area (Å²) < 4.78 is 0.859. The molecule has 0 atom stereocenters. The largest absolute Gasteiger partial charge is 0.291 e. The number of carbonyl (C=O) groups is 1. The number of rotatable bonds is 10. The van der Waals surface area contributed by atoms with E-state index in [1.54, 1.807) is 11.8 Å². The Hall–Kier alpha value is -2.78. The van der Waals surface area contributed by atoms with Gasteiger partial charge in [0.2, 0.25) is 0 Å². The van der Waals surface area contributed by atoms with Gasteiger partial charge in [0.25, 0.3) is 5.91 Å². The van der Waals surface area contributed by atoms with E-state index >= 15 is 0 Å². The van der Waals surface area contributed by atoms with Crippen LogP contribution in [0.2, 0.25) is 0 Å². The highest BCUT2D eigenvalue weighted by Gasteiger charge is 2.52. The summed E-state index contributed by atoms with van der Waals surface area (Å²) in [6, 6.07) is 41.1. The van der Waals surface area contributed by atoms with E-state index in [0.717, 1.165) is 28.3 Å². The molecule has 0 fully saturated rings. The van der Waals surface area contributed by atoms with E-state index < -0.39 is 7.26 Å². The lowest BCUT2D eigenvalue weighted by Crippen LogP contribution is -2.38. The maximum Gasteiger partial charge on any atom is 0.258 e. The van der Waals surface area contributed by atoms with Crippen molar-refractivity contribution in [3.05, 3.63) is 137 Å². The van der Waals surface area contributed by atoms with E-state index in [0.29, 0.717) is 5.56 Å². The highest BCUT2D eigenvalue weighted by atomic mass is 32.2. The Morgan fingerprint density at radius 2 is 1.14 bits per heavy atom. The molecule has 4 rings (SSSR count). The van der Waals surface area contributed by atoms with Gasteiger partial charge >= 0.3 is 0 Å². The molecular weight excluding hydrogens is 497 g/mol. The number of unbranched alkanes of at least 4 members (excludes halogenated alkanes) is 1. The third-order valence-corrected chi connectivity index (χ3v) is 12.1. The van der Waals surface area contributed by atoms with Crippen LogP contribution in [0, 0.1) is 0 Å². The van der Waals surface area contributed by atoms with E-state index in [2.05, 4.69) is 85.0 Å². The molecule has 182 valence electrons. The van der Waals surface area contributed by atoms with Crippen molar-refractivity contribution in [1.82, 2.24) is 5.32 Å². The molecule has 1 amide bonds. The standard InChI is InChI=1S/C31H30NOPS2/c1-2-3-24-36-31(35)30(32-29(33)25-16-8-4-9-17-25)34(26-18-10-5-11-19-26,27-20-12-6-13-21-27)28-22-14-7-15-23-28/h4-23H,2-3,24H2,1H3,(H-,32,33,35)/p+1/b31-30+. The minimum Gasteiger partial charge on any atom is -0.291 e. The number of hydrogen-bond acceptors (Lipinski definition) is 3. The first-order chi connectivity index (χ1) is 17.7. The summed E-state index contributed by atoms with van der Waals surface area (Å²) in [6.45, 7) is 2.19. The lowest BCUT2D eigenvalue weighted by molar-refractivity contribution is 0.0968. The van der Waals surface area contributed by atoms with Gasteiger partial charge in [0.05, 0.1) is 4.24 Å².